The van der Waals surface area contributed by atoms with Gasteiger partial charge < -0.3 is 49.4 Å². The van der Waals surface area contributed by atoms with Crippen molar-refractivity contribution in [1.82, 2.24) is 4.90 Å². The lowest BCUT2D eigenvalue weighted by Crippen LogP contribution is -2.46. The van der Waals surface area contributed by atoms with Gasteiger partial charge in [0, 0.05) is 87.1 Å². The quantitative estimate of drug-likeness (QED) is 0.219. The van der Waals surface area contributed by atoms with Crippen LogP contribution >= 0.6 is 0 Å². The Morgan fingerprint density at radius 2 is 1.60 bits per heavy atom. The first kappa shape index (κ1) is 46.2. The molecular formula is C45H58N4O13. The predicted molar refractivity (Wildman–Crippen MR) is 225 cm³/mol. The molecule has 2 aromatic carbocycles. The topological polar surface area (TPSA) is 235 Å². The van der Waals surface area contributed by atoms with Gasteiger partial charge >= 0.3 is 17.7 Å². The summed E-state index contributed by atoms with van der Waals surface area (Å²) in [7, 11) is 2.77. The van der Waals surface area contributed by atoms with Gasteiger partial charge in [0.2, 0.25) is 0 Å². The van der Waals surface area contributed by atoms with E-state index in [1.54, 1.807) is 46.8 Å². The number of aromatic hydroxyl groups is 2. The largest absolute Gasteiger partial charge is 0.507 e. The van der Waals surface area contributed by atoms with Crippen molar-refractivity contribution >= 4 is 40.1 Å². The van der Waals surface area contributed by atoms with Crippen molar-refractivity contribution in [2.24, 2.45) is 33.7 Å². The number of nitrogens with zero attached hydrogens (tertiary/aromatic N) is 3. The average molecular weight is 863 g/mol. The molecule has 1 saturated heterocycles. The van der Waals surface area contributed by atoms with E-state index in [-0.39, 0.29) is 56.2 Å². The van der Waals surface area contributed by atoms with Gasteiger partial charge in [0.15, 0.2) is 11.4 Å². The third-order valence-electron chi connectivity index (χ3n) is 12.8. The molecule has 1 amide bonds. The van der Waals surface area contributed by atoms with Gasteiger partial charge in [-0.25, -0.2) is 0 Å². The Kier molecular flexibility index (Phi) is 13.2. The van der Waals surface area contributed by atoms with Crippen LogP contribution in [0.15, 0.2) is 46.1 Å². The molecule has 4 bridgehead atoms. The van der Waals surface area contributed by atoms with Crippen LogP contribution in [0.25, 0.3) is 10.8 Å². The summed E-state index contributed by atoms with van der Waals surface area (Å²) >= 11 is 0. The standard InChI is InChI=1S/C45H58N4O13/c1-21-12-11-13-22(2)43(57)46-35-34-33(47-45(48-34)15-17-49(18-16-45)20-29(51)59-10)30-31(39(35)55)38(54)26(6)41-32(30)42(56)44(8,62-41)60-19-14-28(58-9)23(3)40(61-27(7)50)25(5)37(53)24(4)36(21)52/h11-14,19,21,23-25,28,36-37,40,52-55H,15-18,20H2,1-10H3,(H,46,57)/b12-11+,19-14+,22-13-/t21-,23+,24+,25+,28-,36-,37+,40+,44-/m0/s1. The summed E-state index contributed by atoms with van der Waals surface area (Å²) in [5, 5.41) is 49.7. The zero-order valence-electron chi connectivity index (χ0n) is 36.8. The number of fused-ring (bicyclic) bond motifs is 1. The minimum absolute atomic E-state index is 0.00523. The van der Waals surface area contributed by atoms with E-state index in [4.69, 9.17) is 33.7 Å². The van der Waals surface area contributed by atoms with Crippen LogP contribution in [0, 0.1) is 30.6 Å². The van der Waals surface area contributed by atoms with Crippen LogP contribution in [-0.4, -0.2) is 119 Å². The molecule has 2 aromatic rings. The number of rotatable bonds is 4. The number of ketones is 1. The molecule has 62 heavy (non-hydrogen) atoms. The van der Waals surface area contributed by atoms with Crippen molar-refractivity contribution < 1.29 is 63.3 Å². The number of nitrogens with one attached hydrogen (secondary N) is 1. The Morgan fingerprint density at radius 1 is 0.935 bits per heavy atom. The zero-order chi connectivity index (χ0) is 45.6. The summed E-state index contributed by atoms with van der Waals surface area (Å²) in [6.45, 7) is 13.6. The number of phenols is 2. The lowest BCUT2D eigenvalue weighted by atomic mass is 9.78. The molecule has 0 saturated carbocycles. The highest BCUT2D eigenvalue weighted by Crippen LogP contribution is 2.50. The molecule has 4 heterocycles. The number of aliphatic hydroxyl groups excluding tert-OH is 2. The molecule has 0 unspecified atom stereocenters. The molecule has 336 valence electrons. The van der Waals surface area contributed by atoms with Gasteiger partial charge in [-0.1, -0.05) is 45.9 Å². The van der Waals surface area contributed by atoms with Gasteiger partial charge in [0.1, 0.15) is 28.6 Å². The summed E-state index contributed by atoms with van der Waals surface area (Å²) in [5.74, 6) is -7.70. The van der Waals surface area contributed by atoms with Crippen molar-refractivity contribution in [2.45, 2.75) is 104 Å². The molecule has 4 aliphatic heterocycles. The van der Waals surface area contributed by atoms with Gasteiger partial charge in [0.25, 0.3) is 11.7 Å². The second-order valence-electron chi connectivity index (χ2n) is 17.1. The summed E-state index contributed by atoms with van der Waals surface area (Å²) < 4.78 is 28.7. The SMILES string of the molecule is COC(=O)CN1CCC2(CC1)N=c1c3c(O)c4c(O)c(C)c5c(c4c1=N2)C(=O)[C@@](C)(O/C=C/[C@H](OC)[C@@H](C)[C@@H](OC(C)=O)[C@H](C)[C@H](O)[C@H](C)[C@@H](O)[C@@H](C)/C=C/C=C(/C)C(=O)N3)O5. The molecule has 17 heteroatoms. The zero-order valence-corrected chi connectivity index (χ0v) is 36.8. The first-order chi connectivity index (χ1) is 29.2. The Morgan fingerprint density at radius 3 is 2.23 bits per heavy atom. The Bertz CT molecular complexity index is 2370. The summed E-state index contributed by atoms with van der Waals surface area (Å²) in [6.07, 6.45) is 4.39. The van der Waals surface area contributed by atoms with Gasteiger partial charge in [-0.05, 0) is 19.9 Å². The smallest absolute Gasteiger partial charge is 0.319 e. The van der Waals surface area contributed by atoms with Crippen LogP contribution in [-0.2, 0) is 33.3 Å². The second-order valence-corrected chi connectivity index (χ2v) is 17.1. The average Bonchev–Trinajstić information content (AvgIpc) is 3.74. The van der Waals surface area contributed by atoms with Crippen LogP contribution in [0.4, 0.5) is 5.69 Å². The van der Waals surface area contributed by atoms with E-state index in [0.717, 1.165) is 0 Å². The number of esters is 2. The molecule has 0 aromatic heterocycles. The number of likely N-dealkylation sites (tertiary alicyclic amines) is 1. The van der Waals surface area contributed by atoms with Crippen molar-refractivity contribution in [3.05, 3.63) is 58.0 Å². The fourth-order valence-corrected chi connectivity index (χ4v) is 8.91. The molecular weight excluding hydrogens is 805 g/mol. The lowest BCUT2D eigenvalue weighted by molar-refractivity contribution is -0.160. The van der Waals surface area contributed by atoms with Crippen LogP contribution in [0.3, 0.4) is 0 Å². The van der Waals surface area contributed by atoms with E-state index in [9.17, 15) is 39.6 Å². The number of aliphatic hydroxyl groups is 2. The molecule has 6 rings (SSSR count). The maximum Gasteiger partial charge on any atom is 0.319 e. The number of phenolic OH excluding ortho intramolecular Hbond substituents is 2. The minimum Gasteiger partial charge on any atom is -0.507 e. The number of benzene rings is 2. The number of piperidine rings is 1. The highest BCUT2D eigenvalue weighted by Gasteiger charge is 2.50. The van der Waals surface area contributed by atoms with Crippen LogP contribution in [0.5, 0.6) is 17.2 Å². The number of hydrogen-bond donors (Lipinski definition) is 5. The van der Waals surface area contributed by atoms with Gasteiger partial charge in [0.05, 0.1) is 54.5 Å². The fourth-order valence-electron chi connectivity index (χ4n) is 8.91. The van der Waals surface area contributed by atoms with Gasteiger partial charge in [-0.2, -0.15) is 0 Å². The Balaban J connectivity index is 1.53. The maximum atomic E-state index is 14.7. The van der Waals surface area contributed by atoms with Gasteiger partial charge in [-0.15, -0.1) is 0 Å². The number of carbonyl (C=O) groups is 4. The molecule has 1 fully saturated rings. The number of allylic oxidation sites excluding steroid dienone is 2. The van der Waals surface area contributed by atoms with Crippen LogP contribution < -0.4 is 20.8 Å². The second kappa shape index (κ2) is 17.8. The van der Waals surface area contributed by atoms with Crippen molar-refractivity contribution in [3.63, 3.8) is 0 Å². The summed E-state index contributed by atoms with van der Waals surface area (Å²) in [5.41, 5.74) is -0.942. The van der Waals surface area contributed by atoms with Gasteiger partial charge in [-0.3, -0.25) is 34.1 Å². The third kappa shape index (κ3) is 8.42. The maximum absolute atomic E-state index is 14.7. The Labute approximate surface area is 359 Å². The van der Waals surface area contributed by atoms with E-state index in [1.165, 1.54) is 53.4 Å². The first-order valence-electron chi connectivity index (χ1n) is 20.8. The van der Waals surface area contributed by atoms with Crippen LogP contribution in [0.2, 0.25) is 0 Å². The molecule has 4 aliphatic rings. The number of carbonyl (C=O) groups excluding carboxylic acids is 4. The van der Waals surface area contributed by atoms with E-state index >= 15 is 0 Å². The lowest BCUT2D eigenvalue weighted by Gasteiger charge is -2.38. The molecule has 0 aliphatic carbocycles. The monoisotopic (exact) mass is 862 g/mol. The number of hydrogen-bond acceptors (Lipinski definition) is 16. The van der Waals surface area contributed by atoms with E-state index in [2.05, 4.69) is 5.32 Å². The van der Waals surface area contributed by atoms with Crippen molar-refractivity contribution in [1.29, 1.82) is 0 Å². The number of Topliss-reactive ketones (excluding diaryl/α,β-unsaturated/α-hetero) is 1. The summed E-state index contributed by atoms with van der Waals surface area (Å²) in [4.78, 5) is 65.1. The van der Waals surface area contributed by atoms with Crippen molar-refractivity contribution in [3.8, 4) is 17.2 Å². The van der Waals surface area contributed by atoms with Crippen molar-refractivity contribution in [2.75, 3.05) is 39.2 Å². The third-order valence-corrected chi connectivity index (χ3v) is 12.8. The number of anilines is 1. The molecule has 0 radical (unpaired) electrons. The normalized spacial score (nSPS) is 32.1. The van der Waals surface area contributed by atoms with E-state index < -0.39 is 94.7 Å². The van der Waals surface area contributed by atoms with E-state index in [0.29, 0.717) is 25.9 Å². The minimum atomic E-state index is -2.00. The highest BCUT2D eigenvalue weighted by molar-refractivity contribution is 6.19. The molecule has 17 nitrogen and oxygen atoms in total. The molecule has 5 N–H and O–H groups in total. The predicted octanol–water partition coefficient (Wildman–Crippen LogP) is 3.27. The molecule has 9 atom stereocenters. The number of methoxy groups -OCH3 is 2. The number of ether oxygens (including phenoxy) is 5. The highest BCUT2D eigenvalue weighted by atomic mass is 16.7. The van der Waals surface area contributed by atoms with Crippen LogP contribution in [0.1, 0.15) is 77.2 Å². The summed E-state index contributed by atoms with van der Waals surface area (Å²) in [6, 6.07) is 0. The van der Waals surface area contributed by atoms with E-state index in [1.807, 2.05) is 4.90 Å². The Hall–Kier alpha value is -5.36. The number of amides is 1. The first-order valence-corrected chi connectivity index (χ1v) is 20.8. The molecule has 1 spiro atoms. The fraction of sp³-hybridized carbons (Fsp3) is 0.556.